The monoisotopic (exact) mass is 258 g/mol. The Morgan fingerprint density at radius 2 is 1.69 bits per heavy atom. The zero-order valence-electron chi connectivity index (χ0n) is 10.3. The lowest BCUT2D eigenvalue weighted by atomic mass is 10.0. The van der Waals surface area contributed by atoms with Gasteiger partial charge in [-0.3, -0.25) is 0 Å². The molecule has 0 heterocycles. The predicted octanol–water partition coefficient (Wildman–Crippen LogP) is 3.09. The molecule has 0 N–H and O–H groups in total. The van der Waals surface area contributed by atoms with E-state index in [4.69, 9.17) is 20.5 Å². The Kier molecular flexibility index (Phi) is 4.56. The molecule has 1 aromatic rings. The Balaban J connectivity index is 3.21. The summed E-state index contributed by atoms with van der Waals surface area (Å²) in [5.41, 5.74) is 1.17. The number of hydrogen-bond acceptors (Lipinski definition) is 2. The number of benzene rings is 1. The van der Waals surface area contributed by atoms with Crippen molar-refractivity contribution in [2.45, 2.75) is 18.5 Å². The Morgan fingerprint density at radius 1 is 1.19 bits per heavy atom. The average molecular weight is 259 g/mol. The summed E-state index contributed by atoms with van der Waals surface area (Å²) in [5.74, 6) is 0.488. The molecule has 0 aromatic heterocycles. The first-order valence-electron chi connectivity index (χ1n) is 5.26. The van der Waals surface area contributed by atoms with Gasteiger partial charge < -0.3 is 8.85 Å². The zero-order valence-corrected chi connectivity index (χ0v) is 12.0. The average Bonchev–Trinajstić information content (AvgIpc) is 2.37. The molecule has 90 valence electrons. The normalized spacial score (nSPS) is 15.8. The summed E-state index contributed by atoms with van der Waals surface area (Å²) >= 11 is 6.16. The first kappa shape index (κ1) is 13.7. The van der Waals surface area contributed by atoms with Crippen LogP contribution >= 0.6 is 11.6 Å². The highest BCUT2D eigenvalue weighted by molar-refractivity contribution is 6.70. The van der Waals surface area contributed by atoms with Gasteiger partial charge in [0.1, 0.15) is 0 Å². The van der Waals surface area contributed by atoms with E-state index in [0.717, 1.165) is 0 Å². The van der Waals surface area contributed by atoms with E-state index in [9.17, 15) is 0 Å². The van der Waals surface area contributed by atoms with Crippen molar-refractivity contribution in [3.8, 4) is 0 Å². The fourth-order valence-electron chi connectivity index (χ4n) is 1.80. The molecule has 2 nitrogen and oxygen atoms in total. The highest BCUT2D eigenvalue weighted by Crippen LogP contribution is 2.35. The van der Waals surface area contributed by atoms with Crippen LogP contribution in [0.2, 0.25) is 6.55 Å². The number of halogens is 1. The van der Waals surface area contributed by atoms with Crippen LogP contribution in [0, 0.1) is 0 Å². The maximum atomic E-state index is 6.16. The summed E-state index contributed by atoms with van der Waals surface area (Å²) in [6.07, 6.45) is 0. The molecule has 0 fully saturated rings. The maximum Gasteiger partial charge on any atom is 0.346 e. The largest absolute Gasteiger partial charge is 0.397 e. The lowest BCUT2D eigenvalue weighted by molar-refractivity contribution is 0.221. The van der Waals surface area contributed by atoms with Gasteiger partial charge >= 0.3 is 8.56 Å². The zero-order chi connectivity index (χ0) is 12.2. The van der Waals surface area contributed by atoms with Gasteiger partial charge in [0.15, 0.2) is 0 Å². The summed E-state index contributed by atoms with van der Waals surface area (Å²) in [5, 5.41) is -0.251. The predicted molar refractivity (Wildman–Crippen MR) is 70.2 cm³/mol. The van der Waals surface area contributed by atoms with Crippen LogP contribution in [0.4, 0.5) is 0 Å². The first-order valence-corrected chi connectivity index (χ1v) is 8.11. The molecule has 0 aliphatic heterocycles. The summed E-state index contributed by atoms with van der Waals surface area (Å²) in [7, 11) is 1.07. The lowest BCUT2D eigenvalue weighted by Crippen LogP contribution is -2.57. The molecule has 16 heavy (non-hydrogen) atoms. The topological polar surface area (TPSA) is 18.5 Å². The Morgan fingerprint density at radius 3 is 2.06 bits per heavy atom. The van der Waals surface area contributed by atoms with Crippen molar-refractivity contribution in [2.24, 2.45) is 0 Å². The van der Waals surface area contributed by atoms with E-state index in [2.05, 4.69) is 19.1 Å². The Bertz CT molecular complexity index is 327. The standard InChI is InChI=1S/C12H19ClO2Si/c1-12(10-13,16(4,14-2)15-3)11-8-6-5-7-9-11/h5-9H,10H2,1-4H3. The van der Waals surface area contributed by atoms with E-state index in [1.165, 1.54) is 5.56 Å². The van der Waals surface area contributed by atoms with Crippen LogP contribution in [-0.2, 0) is 13.9 Å². The summed E-state index contributed by atoms with van der Waals surface area (Å²) in [4.78, 5) is 0. The molecule has 0 saturated heterocycles. The Labute approximate surface area is 104 Å². The second kappa shape index (κ2) is 5.32. The third-order valence-corrected chi connectivity index (χ3v) is 8.25. The third kappa shape index (κ3) is 2.18. The van der Waals surface area contributed by atoms with E-state index in [1.54, 1.807) is 14.2 Å². The molecule has 0 aliphatic carbocycles. The van der Waals surface area contributed by atoms with Gasteiger partial charge in [-0.15, -0.1) is 11.6 Å². The second-order valence-electron chi connectivity index (χ2n) is 4.19. The molecule has 1 atom stereocenters. The van der Waals surface area contributed by atoms with Crippen LogP contribution in [0.15, 0.2) is 30.3 Å². The van der Waals surface area contributed by atoms with E-state index >= 15 is 0 Å². The van der Waals surface area contributed by atoms with Gasteiger partial charge in [-0.25, -0.2) is 0 Å². The number of alkyl halides is 1. The molecule has 0 spiro atoms. The minimum absolute atomic E-state index is 0.251. The summed E-state index contributed by atoms with van der Waals surface area (Å²) in [6.45, 7) is 4.15. The summed E-state index contributed by atoms with van der Waals surface area (Å²) in [6, 6.07) is 10.2. The number of hydrogen-bond donors (Lipinski definition) is 0. The van der Waals surface area contributed by atoms with Crippen molar-refractivity contribution in [1.29, 1.82) is 0 Å². The van der Waals surface area contributed by atoms with Crippen molar-refractivity contribution in [3.63, 3.8) is 0 Å². The molecular formula is C12H19ClO2Si. The second-order valence-corrected chi connectivity index (χ2v) is 8.26. The number of rotatable bonds is 5. The molecule has 0 amide bonds. The highest BCUT2D eigenvalue weighted by Gasteiger charge is 2.50. The maximum absolute atomic E-state index is 6.16. The van der Waals surface area contributed by atoms with E-state index in [1.807, 2.05) is 24.7 Å². The van der Waals surface area contributed by atoms with Gasteiger partial charge in [0, 0.05) is 25.1 Å². The van der Waals surface area contributed by atoms with Gasteiger partial charge in [-0.1, -0.05) is 37.3 Å². The third-order valence-electron chi connectivity index (χ3n) is 3.46. The molecule has 0 saturated carbocycles. The van der Waals surface area contributed by atoms with Crippen LogP contribution in [0.25, 0.3) is 0 Å². The minimum Gasteiger partial charge on any atom is -0.397 e. The summed E-state index contributed by atoms with van der Waals surface area (Å²) < 4.78 is 11.3. The van der Waals surface area contributed by atoms with E-state index in [0.29, 0.717) is 5.88 Å². The molecule has 1 aromatic carbocycles. The molecule has 4 heteroatoms. The van der Waals surface area contributed by atoms with E-state index in [-0.39, 0.29) is 5.04 Å². The Hall–Kier alpha value is -0.353. The van der Waals surface area contributed by atoms with Crippen molar-refractivity contribution >= 4 is 20.2 Å². The van der Waals surface area contributed by atoms with Crippen LogP contribution in [0.3, 0.4) is 0 Å². The lowest BCUT2D eigenvalue weighted by Gasteiger charge is -2.40. The molecule has 1 rings (SSSR count). The van der Waals surface area contributed by atoms with Gasteiger partial charge in [0.05, 0.1) is 0 Å². The highest BCUT2D eigenvalue weighted by atomic mass is 35.5. The van der Waals surface area contributed by atoms with Crippen molar-refractivity contribution < 1.29 is 8.85 Å². The minimum atomic E-state index is -2.32. The van der Waals surface area contributed by atoms with Crippen LogP contribution in [-0.4, -0.2) is 28.7 Å². The van der Waals surface area contributed by atoms with Crippen molar-refractivity contribution in [1.82, 2.24) is 0 Å². The van der Waals surface area contributed by atoms with Crippen LogP contribution < -0.4 is 0 Å². The van der Waals surface area contributed by atoms with Gasteiger partial charge in [0.25, 0.3) is 0 Å². The smallest absolute Gasteiger partial charge is 0.346 e. The fraction of sp³-hybridized carbons (Fsp3) is 0.500. The quantitative estimate of drug-likeness (QED) is 0.597. The molecule has 0 aliphatic rings. The molecule has 1 unspecified atom stereocenters. The fourth-order valence-corrected chi connectivity index (χ4v) is 4.68. The SMILES string of the molecule is CO[Si](C)(OC)C(C)(CCl)c1ccccc1. The van der Waals surface area contributed by atoms with Crippen molar-refractivity contribution in [3.05, 3.63) is 35.9 Å². The van der Waals surface area contributed by atoms with Crippen LogP contribution in [0.5, 0.6) is 0 Å². The van der Waals surface area contributed by atoms with E-state index < -0.39 is 8.56 Å². The van der Waals surface area contributed by atoms with Gasteiger partial charge in [-0.2, -0.15) is 0 Å². The first-order chi connectivity index (χ1) is 7.54. The molecule has 0 radical (unpaired) electrons. The van der Waals surface area contributed by atoms with Crippen molar-refractivity contribution in [2.75, 3.05) is 20.1 Å². The van der Waals surface area contributed by atoms with Crippen LogP contribution in [0.1, 0.15) is 12.5 Å². The van der Waals surface area contributed by atoms with Gasteiger partial charge in [0.2, 0.25) is 0 Å². The van der Waals surface area contributed by atoms with Gasteiger partial charge in [-0.05, 0) is 12.1 Å². The molecular weight excluding hydrogens is 240 g/mol. The molecule has 0 bridgehead atoms.